The number of nitrogens with zero attached hydrogens (tertiary/aromatic N) is 2. The molecule has 0 aliphatic carbocycles. The van der Waals surface area contributed by atoms with Crippen molar-refractivity contribution in [2.24, 2.45) is 4.99 Å². The third-order valence-corrected chi connectivity index (χ3v) is 7.17. The van der Waals surface area contributed by atoms with Gasteiger partial charge in [-0.15, -0.1) is 0 Å². The molecule has 0 aromatic carbocycles. The normalized spacial score (nSPS) is 41.5. The highest BCUT2D eigenvalue weighted by Crippen LogP contribution is 2.38. The van der Waals surface area contributed by atoms with Crippen LogP contribution in [0.4, 0.5) is 0 Å². The molecule has 7 heteroatoms. The maximum absolute atomic E-state index is 11.5. The number of thioether (sulfide) groups is 1. The Labute approximate surface area is 102 Å². The predicted molar refractivity (Wildman–Crippen MR) is 65.5 cm³/mol. The molecule has 2 fully saturated rings. The van der Waals surface area contributed by atoms with Crippen LogP contribution < -0.4 is 0 Å². The number of alkyl halides is 1. The van der Waals surface area contributed by atoms with Crippen molar-refractivity contribution < 1.29 is 8.42 Å². The second kappa shape index (κ2) is 3.37. The first-order valence-corrected chi connectivity index (χ1v) is 8.69. The Hall–Kier alpha value is 0.250. The number of rotatable bonds is 1. The highest BCUT2D eigenvalue weighted by Gasteiger charge is 2.49. The van der Waals surface area contributed by atoms with Crippen molar-refractivity contribution in [3.05, 3.63) is 0 Å². The summed E-state index contributed by atoms with van der Waals surface area (Å²) in [6.45, 7) is 0.936. The van der Waals surface area contributed by atoms with Crippen LogP contribution in [-0.2, 0) is 9.84 Å². The fourth-order valence-corrected chi connectivity index (χ4v) is 6.00. The summed E-state index contributed by atoms with van der Waals surface area (Å²) in [6.07, 6.45) is 0. The van der Waals surface area contributed by atoms with E-state index in [4.69, 9.17) is 0 Å². The van der Waals surface area contributed by atoms with Gasteiger partial charge < -0.3 is 4.90 Å². The highest BCUT2D eigenvalue weighted by molar-refractivity contribution is 9.09. The summed E-state index contributed by atoms with van der Waals surface area (Å²) in [5.41, 5.74) is 0. The Morgan fingerprint density at radius 3 is 3.07 bits per heavy atom. The number of sulfone groups is 1. The van der Waals surface area contributed by atoms with Crippen molar-refractivity contribution >= 4 is 42.7 Å². The lowest BCUT2D eigenvalue weighted by atomic mass is 10.2. The van der Waals surface area contributed by atoms with Crippen molar-refractivity contribution in [2.45, 2.75) is 17.3 Å². The van der Waals surface area contributed by atoms with E-state index in [2.05, 4.69) is 25.8 Å². The maximum atomic E-state index is 11.5. The lowest BCUT2D eigenvalue weighted by Crippen LogP contribution is -2.38. The quantitative estimate of drug-likeness (QED) is 0.655. The van der Waals surface area contributed by atoms with Gasteiger partial charge in [0.2, 0.25) is 0 Å². The number of hydrogen-bond donors (Lipinski definition) is 0. The minimum atomic E-state index is -2.84. The Bertz CT molecular complexity index is 422. The Morgan fingerprint density at radius 1 is 1.53 bits per heavy atom. The minimum absolute atomic E-state index is 0.00813. The molecule has 0 aromatic heterocycles. The van der Waals surface area contributed by atoms with Crippen LogP contribution in [0.15, 0.2) is 4.99 Å². The average molecular weight is 311 g/mol. The average Bonchev–Trinajstić information content (AvgIpc) is 2.72. The van der Waals surface area contributed by atoms with Crippen molar-refractivity contribution in [3.8, 4) is 0 Å². The molecule has 2 saturated heterocycles. The van der Waals surface area contributed by atoms with Crippen LogP contribution in [0, 0.1) is 0 Å². The van der Waals surface area contributed by atoms with Gasteiger partial charge in [0.15, 0.2) is 15.0 Å². The molecule has 15 heavy (non-hydrogen) atoms. The summed E-state index contributed by atoms with van der Waals surface area (Å²) < 4.78 is 22.9. The van der Waals surface area contributed by atoms with Crippen molar-refractivity contribution in [2.75, 3.05) is 23.4 Å². The van der Waals surface area contributed by atoms with Crippen molar-refractivity contribution in [1.29, 1.82) is 0 Å². The zero-order valence-electron chi connectivity index (χ0n) is 7.97. The Kier molecular flexibility index (Phi) is 2.34. The molecule has 0 aromatic rings. The van der Waals surface area contributed by atoms with Crippen molar-refractivity contribution in [1.82, 2.24) is 4.90 Å². The van der Waals surface area contributed by atoms with E-state index >= 15 is 0 Å². The summed E-state index contributed by atoms with van der Waals surface area (Å²) in [5.74, 6) is 0.539. The molecule has 3 aliphatic heterocycles. The Balaban J connectivity index is 1.86. The summed E-state index contributed by atoms with van der Waals surface area (Å²) >= 11 is 5.23. The van der Waals surface area contributed by atoms with E-state index in [0.717, 1.165) is 17.0 Å². The molecule has 0 saturated carbocycles. The van der Waals surface area contributed by atoms with E-state index in [1.165, 1.54) is 0 Å². The fraction of sp³-hybridized carbons (Fsp3) is 0.875. The molecule has 3 rings (SSSR count). The second-order valence-electron chi connectivity index (χ2n) is 4.17. The molecule has 0 bridgehead atoms. The largest absolute Gasteiger partial charge is 0.344 e. The summed E-state index contributed by atoms with van der Waals surface area (Å²) in [6, 6.07) is 0.135. The van der Waals surface area contributed by atoms with Crippen LogP contribution in [0.1, 0.15) is 0 Å². The number of aliphatic imine (C=N–C) groups is 1. The van der Waals surface area contributed by atoms with Crippen molar-refractivity contribution in [3.63, 3.8) is 0 Å². The third kappa shape index (κ3) is 1.63. The zero-order valence-corrected chi connectivity index (χ0v) is 11.2. The van der Waals surface area contributed by atoms with Crippen LogP contribution in [0.2, 0.25) is 0 Å². The number of halogens is 1. The standard InChI is InChI=1S/C8H11BrN2O2S2/c9-1-5-2-11-7-4-15(12,13)3-6(7)10-8(11)14-5/h5-7H,1-4H2/t5-,6-,7-/m0/s1. The van der Waals surface area contributed by atoms with E-state index in [1.54, 1.807) is 11.8 Å². The van der Waals surface area contributed by atoms with Gasteiger partial charge in [-0.1, -0.05) is 27.7 Å². The molecular weight excluding hydrogens is 300 g/mol. The molecule has 0 spiro atoms. The van der Waals surface area contributed by atoms with E-state index in [0.29, 0.717) is 11.0 Å². The first kappa shape index (κ1) is 10.4. The van der Waals surface area contributed by atoms with Crippen LogP contribution in [-0.4, -0.2) is 59.2 Å². The summed E-state index contributed by atoms with van der Waals surface area (Å²) in [7, 11) is -2.84. The van der Waals surface area contributed by atoms with E-state index in [-0.39, 0.29) is 17.8 Å². The van der Waals surface area contributed by atoms with Gasteiger partial charge in [-0.2, -0.15) is 0 Å². The molecular formula is C8H11BrN2O2S2. The third-order valence-electron chi connectivity index (χ3n) is 3.06. The lowest BCUT2D eigenvalue weighted by molar-refractivity contribution is 0.361. The van der Waals surface area contributed by atoms with Gasteiger partial charge in [-0.3, -0.25) is 4.99 Å². The van der Waals surface area contributed by atoms with Gasteiger partial charge in [-0.25, -0.2) is 8.42 Å². The number of hydrogen-bond acceptors (Lipinski definition) is 5. The highest BCUT2D eigenvalue weighted by atomic mass is 79.9. The fourth-order valence-electron chi connectivity index (χ4n) is 2.39. The van der Waals surface area contributed by atoms with E-state index in [1.807, 2.05) is 0 Å². The first-order valence-electron chi connectivity index (χ1n) is 4.86. The lowest BCUT2D eigenvalue weighted by Gasteiger charge is -2.20. The molecule has 0 unspecified atom stereocenters. The topological polar surface area (TPSA) is 49.7 Å². The number of fused-ring (bicyclic) bond motifs is 3. The van der Waals surface area contributed by atoms with Crippen LogP contribution in [0.3, 0.4) is 0 Å². The molecule has 4 nitrogen and oxygen atoms in total. The van der Waals surface area contributed by atoms with Gasteiger partial charge in [-0.05, 0) is 0 Å². The molecule has 84 valence electrons. The van der Waals surface area contributed by atoms with E-state index < -0.39 is 9.84 Å². The monoisotopic (exact) mass is 310 g/mol. The van der Waals surface area contributed by atoms with Gasteiger partial charge in [0, 0.05) is 17.1 Å². The molecule has 0 N–H and O–H groups in total. The van der Waals surface area contributed by atoms with Crippen LogP contribution in [0.25, 0.3) is 0 Å². The smallest absolute Gasteiger partial charge is 0.160 e. The minimum Gasteiger partial charge on any atom is -0.344 e. The molecule has 0 radical (unpaired) electrons. The molecule has 3 atom stereocenters. The second-order valence-corrected chi connectivity index (χ2v) is 8.24. The Morgan fingerprint density at radius 2 is 2.33 bits per heavy atom. The summed E-state index contributed by atoms with van der Waals surface area (Å²) in [4.78, 5) is 6.70. The van der Waals surface area contributed by atoms with Crippen LogP contribution >= 0.6 is 27.7 Å². The molecule has 3 aliphatic rings. The first-order chi connectivity index (χ1) is 7.09. The molecule has 0 amide bonds. The molecule has 3 heterocycles. The number of amidine groups is 1. The zero-order chi connectivity index (χ0) is 10.6. The van der Waals surface area contributed by atoms with Gasteiger partial charge >= 0.3 is 0 Å². The predicted octanol–water partition coefficient (Wildman–Crippen LogP) is 0.334. The van der Waals surface area contributed by atoms with Gasteiger partial charge in [0.25, 0.3) is 0 Å². The van der Waals surface area contributed by atoms with E-state index in [9.17, 15) is 8.42 Å². The van der Waals surface area contributed by atoms with Gasteiger partial charge in [0.05, 0.1) is 23.6 Å². The maximum Gasteiger partial charge on any atom is 0.160 e. The van der Waals surface area contributed by atoms with Crippen LogP contribution in [0.5, 0.6) is 0 Å². The summed E-state index contributed by atoms with van der Waals surface area (Å²) in [5, 5.41) is 2.52. The van der Waals surface area contributed by atoms with Gasteiger partial charge in [0.1, 0.15) is 0 Å². The SMILES string of the molecule is O=S1(=O)C[C@@H]2N=C3S[C@@H](CBr)CN3[C@H]2C1.